The number of nitrogens with zero attached hydrogens (tertiary/aromatic N) is 2. The van der Waals surface area contributed by atoms with Gasteiger partial charge < -0.3 is 15.2 Å². The number of H-pyrrole nitrogens is 1. The van der Waals surface area contributed by atoms with Crippen LogP contribution in [-0.2, 0) is 11.2 Å². The molecule has 1 aromatic heterocycles. The second-order valence-electron chi connectivity index (χ2n) is 4.10. The zero-order valence-electron chi connectivity index (χ0n) is 9.82. The fraction of sp³-hybridized carbons (Fsp3) is 0.545. The Labute approximate surface area is 99.1 Å². The van der Waals surface area contributed by atoms with E-state index in [-0.39, 0.29) is 17.9 Å². The van der Waals surface area contributed by atoms with E-state index in [1.807, 2.05) is 0 Å². The largest absolute Gasteiger partial charge is 0.340 e. The fourth-order valence-electron chi connectivity index (χ4n) is 1.90. The summed E-state index contributed by atoms with van der Waals surface area (Å²) in [5.41, 5.74) is 0.870. The summed E-state index contributed by atoms with van der Waals surface area (Å²) in [4.78, 5) is 31.8. The highest BCUT2D eigenvalue weighted by molar-refractivity contribution is 5.79. The summed E-state index contributed by atoms with van der Waals surface area (Å²) >= 11 is 0. The van der Waals surface area contributed by atoms with Crippen molar-refractivity contribution < 1.29 is 4.79 Å². The first-order chi connectivity index (χ1) is 8.18. The molecule has 6 heteroatoms. The Morgan fingerprint density at radius 1 is 1.47 bits per heavy atom. The summed E-state index contributed by atoms with van der Waals surface area (Å²) in [6.45, 7) is 4.78. The molecule has 0 bridgehead atoms. The molecule has 0 spiro atoms. The maximum absolute atomic E-state index is 12.0. The number of amides is 1. The Kier molecular flexibility index (Phi) is 3.53. The Morgan fingerprint density at radius 3 is 2.82 bits per heavy atom. The average molecular weight is 236 g/mol. The smallest absolute Gasteiger partial charge is 0.254 e. The van der Waals surface area contributed by atoms with E-state index in [1.165, 1.54) is 6.33 Å². The topological polar surface area (TPSA) is 78.1 Å². The monoisotopic (exact) mass is 236 g/mol. The molecule has 2 heterocycles. The second-order valence-corrected chi connectivity index (χ2v) is 4.10. The molecular formula is C11H16N4O2. The van der Waals surface area contributed by atoms with Crippen molar-refractivity contribution in [3.63, 3.8) is 0 Å². The minimum Gasteiger partial charge on any atom is -0.340 e. The molecule has 1 fully saturated rings. The lowest BCUT2D eigenvalue weighted by molar-refractivity contribution is -0.131. The molecular weight excluding hydrogens is 220 g/mol. The van der Waals surface area contributed by atoms with E-state index in [2.05, 4.69) is 15.3 Å². The van der Waals surface area contributed by atoms with Crippen molar-refractivity contribution in [2.75, 3.05) is 26.2 Å². The molecule has 92 valence electrons. The van der Waals surface area contributed by atoms with Gasteiger partial charge in [-0.2, -0.15) is 0 Å². The molecule has 2 rings (SSSR count). The molecule has 6 nitrogen and oxygen atoms in total. The summed E-state index contributed by atoms with van der Waals surface area (Å²) in [5.74, 6) is -0.00639. The van der Waals surface area contributed by atoms with Crippen LogP contribution in [0.3, 0.4) is 0 Å². The molecule has 17 heavy (non-hydrogen) atoms. The maximum atomic E-state index is 12.0. The normalized spacial score (nSPS) is 15.9. The van der Waals surface area contributed by atoms with Gasteiger partial charge in [-0.15, -0.1) is 0 Å². The van der Waals surface area contributed by atoms with Gasteiger partial charge in [0.15, 0.2) is 0 Å². The van der Waals surface area contributed by atoms with Crippen molar-refractivity contribution in [1.82, 2.24) is 20.2 Å². The van der Waals surface area contributed by atoms with E-state index < -0.39 is 0 Å². The molecule has 1 amide bonds. The number of carbonyl (C=O) groups excluding carboxylic acids is 1. The van der Waals surface area contributed by atoms with E-state index in [4.69, 9.17) is 0 Å². The zero-order valence-corrected chi connectivity index (χ0v) is 9.82. The molecule has 1 aliphatic rings. The first-order valence-corrected chi connectivity index (χ1v) is 5.70. The molecule has 2 N–H and O–H groups in total. The van der Waals surface area contributed by atoms with Gasteiger partial charge in [0.2, 0.25) is 5.91 Å². The predicted octanol–water partition coefficient (Wildman–Crippen LogP) is -0.947. The predicted molar refractivity (Wildman–Crippen MR) is 62.7 cm³/mol. The van der Waals surface area contributed by atoms with Gasteiger partial charge in [-0.1, -0.05) is 0 Å². The van der Waals surface area contributed by atoms with Gasteiger partial charge >= 0.3 is 0 Å². The molecule has 0 saturated carbocycles. The van der Waals surface area contributed by atoms with Crippen LogP contribution in [0.25, 0.3) is 0 Å². The van der Waals surface area contributed by atoms with Crippen LogP contribution >= 0.6 is 0 Å². The molecule has 0 radical (unpaired) electrons. The highest BCUT2D eigenvalue weighted by Crippen LogP contribution is 2.02. The average Bonchev–Trinajstić information content (AvgIpc) is 2.35. The van der Waals surface area contributed by atoms with Crippen LogP contribution in [0.1, 0.15) is 11.3 Å². The molecule has 1 saturated heterocycles. The first kappa shape index (κ1) is 11.8. The van der Waals surface area contributed by atoms with Gasteiger partial charge in [-0.05, 0) is 6.92 Å². The summed E-state index contributed by atoms with van der Waals surface area (Å²) in [7, 11) is 0. The number of hydrogen-bond acceptors (Lipinski definition) is 4. The van der Waals surface area contributed by atoms with E-state index >= 15 is 0 Å². The van der Waals surface area contributed by atoms with Crippen molar-refractivity contribution in [3.05, 3.63) is 27.9 Å². The summed E-state index contributed by atoms with van der Waals surface area (Å²) in [6, 6.07) is 0. The standard InChI is InChI=1S/C11H16N4O2/c1-8-9(11(17)14-7-13-8)6-10(16)15-4-2-12-3-5-15/h7,12H,2-6H2,1H3,(H,13,14,17). The van der Waals surface area contributed by atoms with Crippen molar-refractivity contribution in [3.8, 4) is 0 Å². The molecule has 1 aliphatic heterocycles. The third kappa shape index (κ3) is 2.71. The number of aryl methyl sites for hydroxylation is 1. The van der Waals surface area contributed by atoms with E-state index in [0.29, 0.717) is 24.3 Å². The molecule has 0 atom stereocenters. The first-order valence-electron chi connectivity index (χ1n) is 5.70. The highest BCUT2D eigenvalue weighted by atomic mass is 16.2. The molecule has 1 aromatic rings. The van der Waals surface area contributed by atoms with Crippen LogP contribution in [-0.4, -0.2) is 47.0 Å². The number of aromatic nitrogens is 2. The van der Waals surface area contributed by atoms with Crippen molar-refractivity contribution in [2.24, 2.45) is 0 Å². The third-order valence-electron chi connectivity index (χ3n) is 2.96. The summed E-state index contributed by atoms with van der Waals surface area (Å²) in [6.07, 6.45) is 1.49. The van der Waals surface area contributed by atoms with Gasteiger partial charge in [0, 0.05) is 37.4 Å². The highest BCUT2D eigenvalue weighted by Gasteiger charge is 2.18. The van der Waals surface area contributed by atoms with Crippen LogP contribution < -0.4 is 10.9 Å². The van der Waals surface area contributed by atoms with Crippen molar-refractivity contribution >= 4 is 5.91 Å². The molecule has 0 aliphatic carbocycles. The lowest BCUT2D eigenvalue weighted by Gasteiger charge is -2.27. The van der Waals surface area contributed by atoms with Gasteiger partial charge in [-0.3, -0.25) is 9.59 Å². The quantitative estimate of drug-likeness (QED) is 0.694. The third-order valence-corrected chi connectivity index (χ3v) is 2.96. The Balaban J connectivity index is 2.10. The lowest BCUT2D eigenvalue weighted by Crippen LogP contribution is -2.47. The van der Waals surface area contributed by atoms with Crippen LogP contribution in [0.5, 0.6) is 0 Å². The number of carbonyl (C=O) groups is 1. The van der Waals surface area contributed by atoms with E-state index in [0.717, 1.165) is 13.1 Å². The van der Waals surface area contributed by atoms with Crippen molar-refractivity contribution in [2.45, 2.75) is 13.3 Å². The van der Waals surface area contributed by atoms with Crippen LogP contribution in [0, 0.1) is 6.92 Å². The Bertz CT molecular complexity index is 463. The Morgan fingerprint density at radius 2 is 2.18 bits per heavy atom. The number of nitrogens with one attached hydrogen (secondary N) is 2. The van der Waals surface area contributed by atoms with Gasteiger partial charge in [0.05, 0.1) is 12.7 Å². The van der Waals surface area contributed by atoms with E-state index in [9.17, 15) is 9.59 Å². The minimum atomic E-state index is -0.221. The van der Waals surface area contributed by atoms with E-state index in [1.54, 1.807) is 11.8 Å². The maximum Gasteiger partial charge on any atom is 0.254 e. The van der Waals surface area contributed by atoms with Gasteiger partial charge in [0.1, 0.15) is 0 Å². The number of piperazine rings is 1. The summed E-state index contributed by atoms with van der Waals surface area (Å²) in [5, 5.41) is 3.18. The molecule has 0 aromatic carbocycles. The minimum absolute atomic E-state index is 0.00639. The van der Waals surface area contributed by atoms with Crippen LogP contribution in [0.4, 0.5) is 0 Å². The summed E-state index contributed by atoms with van der Waals surface area (Å²) < 4.78 is 0. The second kappa shape index (κ2) is 5.09. The van der Waals surface area contributed by atoms with Gasteiger partial charge in [0.25, 0.3) is 5.56 Å². The Hall–Kier alpha value is -1.69. The SMILES string of the molecule is Cc1nc[nH]c(=O)c1CC(=O)N1CCNCC1. The number of hydrogen-bond donors (Lipinski definition) is 2. The van der Waals surface area contributed by atoms with Crippen LogP contribution in [0.15, 0.2) is 11.1 Å². The zero-order chi connectivity index (χ0) is 12.3. The fourth-order valence-corrected chi connectivity index (χ4v) is 1.90. The number of rotatable bonds is 2. The number of aromatic amines is 1. The lowest BCUT2D eigenvalue weighted by atomic mass is 10.1. The molecule has 0 unspecified atom stereocenters. The van der Waals surface area contributed by atoms with Gasteiger partial charge in [-0.25, -0.2) is 4.98 Å². The van der Waals surface area contributed by atoms with Crippen LogP contribution in [0.2, 0.25) is 0 Å². The van der Waals surface area contributed by atoms with Crippen molar-refractivity contribution in [1.29, 1.82) is 0 Å².